The third kappa shape index (κ3) is 3.83. The fourth-order valence-corrected chi connectivity index (χ4v) is 2.84. The highest BCUT2D eigenvalue weighted by atomic mass is 32.1. The third-order valence-electron chi connectivity index (χ3n) is 3.38. The average molecular weight is 363 g/mol. The Kier molecular flexibility index (Phi) is 5.05. The topological polar surface area (TPSA) is 79.4 Å². The summed E-state index contributed by atoms with van der Waals surface area (Å²) in [5.41, 5.74) is 0.357. The first kappa shape index (κ1) is 17.1. The maximum Gasteiger partial charge on any atom is 0.302 e. The molecule has 0 aliphatic carbocycles. The molecule has 1 aromatic carbocycles. The van der Waals surface area contributed by atoms with E-state index in [9.17, 15) is 14.5 Å². The smallest absolute Gasteiger partial charge is 0.302 e. The number of methoxy groups -OCH3 is 1. The summed E-state index contributed by atoms with van der Waals surface area (Å²) in [5.74, 6) is -0.958. The molecule has 0 fully saturated rings. The van der Waals surface area contributed by atoms with Crippen LogP contribution in [0.3, 0.4) is 0 Å². The molecular weight excluding hydrogens is 349 g/mol. The van der Waals surface area contributed by atoms with E-state index in [4.69, 9.17) is 9.47 Å². The number of nitrogens with zero attached hydrogens (tertiary/aromatic N) is 3. The van der Waals surface area contributed by atoms with Gasteiger partial charge in [0.15, 0.2) is 11.6 Å². The molecule has 0 spiro atoms. The van der Waals surface area contributed by atoms with Crippen LogP contribution in [0.4, 0.5) is 10.1 Å². The number of nitro groups is 1. The van der Waals surface area contributed by atoms with Crippen molar-refractivity contribution in [2.24, 2.45) is 0 Å². The van der Waals surface area contributed by atoms with Crippen molar-refractivity contribution in [1.29, 1.82) is 0 Å². The summed E-state index contributed by atoms with van der Waals surface area (Å²) in [6.45, 7) is 0.901. The Bertz CT molecular complexity index is 880. The Morgan fingerprint density at radius 1 is 1.40 bits per heavy atom. The molecule has 2 heterocycles. The number of ether oxygens (including phenoxy) is 2. The van der Waals surface area contributed by atoms with Crippen molar-refractivity contribution in [2.45, 2.75) is 6.54 Å². The van der Waals surface area contributed by atoms with Gasteiger partial charge in [0.2, 0.25) is 0 Å². The van der Waals surface area contributed by atoms with E-state index in [1.165, 1.54) is 23.5 Å². The number of thiophene rings is 1. The van der Waals surface area contributed by atoms with Crippen LogP contribution in [-0.2, 0) is 11.3 Å². The van der Waals surface area contributed by atoms with Crippen molar-refractivity contribution in [2.75, 3.05) is 13.7 Å². The van der Waals surface area contributed by atoms with Gasteiger partial charge in [-0.2, -0.15) is 4.98 Å². The van der Waals surface area contributed by atoms with Crippen molar-refractivity contribution in [3.8, 4) is 22.3 Å². The number of hydrogen-bond acceptors (Lipinski definition) is 6. The molecule has 0 N–H and O–H groups in total. The lowest BCUT2D eigenvalue weighted by atomic mass is 10.3. The van der Waals surface area contributed by atoms with E-state index in [1.807, 2.05) is 17.5 Å². The van der Waals surface area contributed by atoms with E-state index in [0.717, 1.165) is 10.9 Å². The van der Waals surface area contributed by atoms with Gasteiger partial charge in [-0.25, -0.2) is 4.39 Å². The van der Waals surface area contributed by atoms with E-state index in [1.54, 1.807) is 17.9 Å². The molecule has 3 rings (SSSR count). The molecule has 130 valence electrons. The van der Waals surface area contributed by atoms with Gasteiger partial charge in [0.05, 0.1) is 29.0 Å². The van der Waals surface area contributed by atoms with Crippen molar-refractivity contribution >= 4 is 17.0 Å². The average Bonchev–Trinajstić information content (AvgIpc) is 3.24. The summed E-state index contributed by atoms with van der Waals surface area (Å²) in [6, 6.07) is 7.23. The predicted octanol–water partition coefficient (Wildman–Crippen LogP) is 4.10. The minimum atomic E-state index is -0.826. The molecule has 0 aliphatic heterocycles. The summed E-state index contributed by atoms with van der Waals surface area (Å²) >= 11 is 1.52. The third-order valence-corrected chi connectivity index (χ3v) is 4.27. The number of rotatable bonds is 7. The van der Waals surface area contributed by atoms with Crippen molar-refractivity contribution < 1.29 is 18.8 Å². The Balaban J connectivity index is 1.91. The first-order valence-corrected chi connectivity index (χ1v) is 8.18. The number of benzene rings is 1. The molecule has 2 aromatic heterocycles. The van der Waals surface area contributed by atoms with Gasteiger partial charge >= 0.3 is 6.01 Å². The van der Waals surface area contributed by atoms with E-state index in [0.29, 0.717) is 18.8 Å². The first-order chi connectivity index (χ1) is 12.1. The highest BCUT2D eigenvalue weighted by molar-refractivity contribution is 7.13. The highest BCUT2D eigenvalue weighted by Crippen LogP contribution is 2.30. The van der Waals surface area contributed by atoms with Gasteiger partial charge in [0.1, 0.15) is 5.69 Å². The minimum absolute atomic E-state index is 0.132. The van der Waals surface area contributed by atoms with Gasteiger partial charge < -0.3 is 9.47 Å². The molecule has 0 unspecified atom stereocenters. The van der Waals surface area contributed by atoms with Crippen LogP contribution in [0.1, 0.15) is 0 Å². The summed E-state index contributed by atoms with van der Waals surface area (Å²) in [5, 5.41) is 12.6. The van der Waals surface area contributed by atoms with Gasteiger partial charge in [-0.1, -0.05) is 6.07 Å². The van der Waals surface area contributed by atoms with E-state index in [2.05, 4.69) is 4.98 Å². The van der Waals surface area contributed by atoms with E-state index >= 15 is 0 Å². The second kappa shape index (κ2) is 7.41. The molecule has 0 atom stereocenters. The van der Waals surface area contributed by atoms with Crippen LogP contribution in [0, 0.1) is 15.9 Å². The molecule has 0 amide bonds. The summed E-state index contributed by atoms with van der Waals surface area (Å²) in [6.07, 6.45) is 1.80. The van der Waals surface area contributed by atoms with Crippen molar-refractivity contribution in [3.05, 3.63) is 57.8 Å². The maximum absolute atomic E-state index is 14.1. The van der Waals surface area contributed by atoms with E-state index < -0.39 is 10.7 Å². The van der Waals surface area contributed by atoms with Crippen LogP contribution in [0.15, 0.2) is 41.9 Å². The van der Waals surface area contributed by atoms with Crippen LogP contribution in [0.25, 0.3) is 10.6 Å². The number of hydrogen-bond donors (Lipinski definition) is 0. The maximum atomic E-state index is 14.1. The quantitative estimate of drug-likeness (QED) is 0.466. The molecular formula is C16H14FN3O4S. The van der Waals surface area contributed by atoms with Gasteiger partial charge in [0, 0.05) is 19.4 Å². The highest BCUT2D eigenvalue weighted by Gasteiger charge is 2.16. The lowest BCUT2D eigenvalue weighted by Gasteiger charge is -2.08. The number of nitro benzene ring substituents is 1. The molecule has 0 aliphatic rings. The SMILES string of the molecule is COCCn1cc(-c2cccs2)nc1Oc1ccc([N+](=O)[O-])cc1F. The summed E-state index contributed by atoms with van der Waals surface area (Å²) in [7, 11) is 1.58. The Labute approximate surface area is 146 Å². The fraction of sp³-hybridized carbons (Fsp3) is 0.188. The van der Waals surface area contributed by atoms with Gasteiger partial charge in [-0.15, -0.1) is 11.3 Å². The molecule has 3 aromatic rings. The normalized spacial score (nSPS) is 10.8. The number of non-ortho nitro benzene ring substituents is 1. The van der Waals surface area contributed by atoms with Crippen LogP contribution in [-0.4, -0.2) is 28.2 Å². The summed E-state index contributed by atoms with van der Waals surface area (Å²) in [4.78, 5) is 15.4. The lowest BCUT2D eigenvalue weighted by molar-refractivity contribution is -0.385. The van der Waals surface area contributed by atoms with Gasteiger partial charge in [-0.3, -0.25) is 14.7 Å². The second-order valence-electron chi connectivity index (χ2n) is 5.05. The minimum Gasteiger partial charge on any atom is -0.422 e. The molecule has 0 bridgehead atoms. The fourth-order valence-electron chi connectivity index (χ4n) is 2.16. The largest absolute Gasteiger partial charge is 0.422 e. The summed E-state index contributed by atoms with van der Waals surface area (Å²) < 4.78 is 26.4. The Morgan fingerprint density at radius 2 is 2.24 bits per heavy atom. The van der Waals surface area contributed by atoms with Gasteiger partial charge in [0.25, 0.3) is 5.69 Å². The first-order valence-electron chi connectivity index (χ1n) is 7.30. The molecule has 0 radical (unpaired) electrons. The van der Waals surface area contributed by atoms with Crippen molar-refractivity contribution in [1.82, 2.24) is 9.55 Å². The number of halogens is 1. The van der Waals surface area contributed by atoms with Crippen LogP contribution < -0.4 is 4.74 Å². The number of aromatic nitrogens is 2. The van der Waals surface area contributed by atoms with Gasteiger partial charge in [-0.05, 0) is 17.5 Å². The lowest BCUT2D eigenvalue weighted by Crippen LogP contribution is -2.05. The number of imidazole rings is 1. The molecule has 9 heteroatoms. The predicted molar refractivity (Wildman–Crippen MR) is 90.5 cm³/mol. The molecule has 7 nitrogen and oxygen atoms in total. The van der Waals surface area contributed by atoms with Crippen LogP contribution >= 0.6 is 11.3 Å². The van der Waals surface area contributed by atoms with E-state index in [-0.39, 0.29) is 17.4 Å². The zero-order valence-electron chi connectivity index (χ0n) is 13.2. The Hall–Kier alpha value is -2.78. The monoisotopic (exact) mass is 363 g/mol. The molecule has 0 saturated heterocycles. The zero-order valence-corrected chi connectivity index (χ0v) is 14.0. The molecule has 0 saturated carbocycles. The standard InChI is InChI=1S/C16H14FN3O4S/c1-23-7-6-19-10-13(15-3-2-8-25-15)18-16(19)24-14-5-4-11(20(21)22)9-12(14)17/h2-5,8-10H,6-7H2,1H3. The second-order valence-corrected chi connectivity index (χ2v) is 5.99. The van der Waals surface area contributed by atoms with Crippen molar-refractivity contribution in [3.63, 3.8) is 0 Å². The zero-order chi connectivity index (χ0) is 17.8. The van der Waals surface area contributed by atoms with Crippen LogP contribution in [0.2, 0.25) is 0 Å². The molecule has 25 heavy (non-hydrogen) atoms. The van der Waals surface area contributed by atoms with Crippen LogP contribution in [0.5, 0.6) is 11.8 Å². The Morgan fingerprint density at radius 3 is 2.88 bits per heavy atom.